The van der Waals surface area contributed by atoms with E-state index >= 15 is 0 Å². The summed E-state index contributed by atoms with van der Waals surface area (Å²) in [6.45, 7) is 6.82. The Morgan fingerprint density at radius 2 is 2.17 bits per heavy atom. The third-order valence-corrected chi connectivity index (χ3v) is 4.48. The molecular formula is C16H21N7O. The SMILES string of the molecule is CC(C)c1cnc(CN(C)C2CN(c3ccc4nncn4n3)C2)o1. The minimum Gasteiger partial charge on any atom is -0.444 e. The smallest absolute Gasteiger partial charge is 0.208 e. The van der Waals surface area contributed by atoms with Crippen molar-refractivity contribution in [1.82, 2.24) is 29.7 Å². The summed E-state index contributed by atoms with van der Waals surface area (Å²) in [5.41, 5.74) is 0.762. The molecule has 0 aromatic carbocycles. The number of nitrogens with zero attached hydrogens (tertiary/aromatic N) is 7. The molecule has 4 heterocycles. The molecule has 1 aliphatic rings. The van der Waals surface area contributed by atoms with E-state index in [9.17, 15) is 0 Å². The number of hydrogen-bond donors (Lipinski definition) is 0. The average Bonchev–Trinajstić information content (AvgIpc) is 3.13. The normalized spacial score (nSPS) is 15.6. The van der Waals surface area contributed by atoms with Gasteiger partial charge in [-0.2, -0.15) is 4.52 Å². The molecule has 0 unspecified atom stereocenters. The van der Waals surface area contributed by atoms with Crippen LogP contribution in [0.5, 0.6) is 0 Å². The Labute approximate surface area is 140 Å². The largest absolute Gasteiger partial charge is 0.444 e. The fraction of sp³-hybridized carbons (Fsp3) is 0.500. The summed E-state index contributed by atoms with van der Waals surface area (Å²) in [6, 6.07) is 4.40. The maximum absolute atomic E-state index is 5.79. The molecule has 0 atom stereocenters. The van der Waals surface area contributed by atoms with Crippen LogP contribution in [0, 0.1) is 0 Å². The van der Waals surface area contributed by atoms with Gasteiger partial charge >= 0.3 is 0 Å². The van der Waals surface area contributed by atoms with Gasteiger partial charge in [0.05, 0.1) is 12.7 Å². The standard InChI is InChI=1S/C16H21N7O/c1-11(2)13-6-17-16(24-13)9-21(3)12-7-22(8-12)15-5-4-14-19-18-10-23(14)20-15/h4-6,10-12H,7-9H2,1-3H3. The Morgan fingerprint density at radius 3 is 2.92 bits per heavy atom. The van der Waals surface area contributed by atoms with Gasteiger partial charge in [0.1, 0.15) is 17.9 Å². The lowest BCUT2D eigenvalue weighted by Gasteiger charge is -2.44. The summed E-state index contributed by atoms with van der Waals surface area (Å²) >= 11 is 0. The van der Waals surface area contributed by atoms with Crippen LogP contribution in [0.3, 0.4) is 0 Å². The first-order valence-electron chi connectivity index (χ1n) is 8.17. The van der Waals surface area contributed by atoms with Gasteiger partial charge < -0.3 is 9.32 Å². The van der Waals surface area contributed by atoms with Crippen LogP contribution in [0.15, 0.2) is 29.1 Å². The third kappa shape index (κ3) is 2.73. The summed E-state index contributed by atoms with van der Waals surface area (Å²) in [5, 5.41) is 12.4. The number of aromatic nitrogens is 5. The van der Waals surface area contributed by atoms with E-state index in [-0.39, 0.29) is 0 Å². The predicted octanol–water partition coefficient (Wildman–Crippen LogP) is 1.56. The first-order chi connectivity index (χ1) is 11.6. The summed E-state index contributed by atoms with van der Waals surface area (Å²) in [6.07, 6.45) is 3.45. The topological polar surface area (TPSA) is 75.6 Å². The molecule has 1 saturated heterocycles. The number of fused-ring (bicyclic) bond motifs is 1. The van der Waals surface area contributed by atoms with Crippen molar-refractivity contribution in [3.63, 3.8) is 0 Å². The van der Waals surface area contributed by atoms with Crippen LogP contribution in [-0.2, 0) is 6.54 Å². The van der Waals surface area contributed by atoms with Gasteiger partial charge in [0.15, 0.2) is 5.65 Å². The lowest BCUT2D eigenvalue weighted by Crippen LogP contribution is -2.58. The Bertz CT molecular complexity index is 834. The predicted molar refractivity (Wildman–Crippen MR) is 88.8 cm³/mol. The van der Waals surface area contributed by atoms with Gasteiger partial charge in [-0.25, -0.2) is 4.98 Å². The molecular weight excluding hydrogens is 306 g/mol. The van der Waals surface area contributed by atoms with Crippen LogP contribution in [0.1, 0.15) is 31.4 Å². The molecule has 1 fully saturated rings. The summed E-state index contributed by atoms with van der Waals surface area (Å²) < 4.78 is 7.49. The molecule has 0 spiro atoms. The van der Waals surface area contributed by atoms with Gasteiger partial charge in [0, 0.05) is 25.0 Å². The highest BCUT2D eigenvalue weighted by Gasteiger charge is 2.31. The molecule has 126 valence electrons. The number of oxazole rings is 1. The average molecular weight is 327 g/mol. The van der Waals surface area contributed by atoms with E-state index in [0.717, 1.165) is 42.8 Å². The zero-order valence-electron chi connectivity index (χ0n) is 14.1. The summed E-state index contributed by atoms with van der Waals surface area (Å²) in [7, 11) is 2.11. The Balaban J connectivity index is 1.35. The third-order valence-electron chi connectivity index (χ3n) is 4.48. The molecule has 24 heavy (non-hydrogen) atoms. The van der Waals surface area contributed by atoms with Gasteiger partial charge in [-0.3, -0.25) is 4.90 Å². The van der Waals surface area contributed by atoms with Crippen molar-refractivity contribution in [3.05, 3.63) is 36.3 Å². The maximum Gasteiger partial charge on any atom is 0.208 e. The molecule has 4 rings (SSSR count). The van der Waals surface area contributed by atoms with Crippen LogP contribution in [0.25, 0.3) is 5.65 Å². The molecule has 3 aromatic rings. The number of anilines is 1. The van der Waals surface area contributed by atoms with E-state index in [1.807, 2.05) is 18.3 Å². The van der Waals surface area contributed by atoms with Crippen LogP contribution >= 0.6 is 0 Å². The molecule has 0 radical (unpaired) electrons. The Morgan fingerprint density at radius 1 is 1.33 bits per heavy atom. The van der Waals surface area contributed by atoms with Gasteiger partial charge in [-0.05, 0) is 19.2 Å². The highest BCUT2D eigenvalue weighted by Crippen LogP contribution is 2.23. The van der Waals surface area contributed by atoms with Gasteiger partial charge in [0.25, 0.3) is 0 Å². The van der Waals surface area contributed by atoms with Crippen LogP contribution in [0.2, 0.25) is 0 Å². The van der Waals surface area contributed by atoms with Crippen molar-refractivity contribution < 1.29 is 4.42 Å². The number of likely N-dealkylation sites (N-methyl/N-ethyl adjacent to an activating group) is 1. The Hall–Kier alpha value is -2.48. The van der Waals surface area contributed by atoms with Crippen LogP contribution < -0.4 is 4.90 Å². The molecule has 1 aliphatic heterocycles. The summed E-state index contributed by atoms with van der Waals surface area (Å²) in [4.78, 5) is 8.90. The van der Waals surface area contributed by atoms with E-state index in [4.69, 9.17) is 4.42 Å². The first-order valence-corrected chi connectivity index (χ1v) is 8.17. The second-order valence-corrected chi connectivity index (χ2v) is 6.61. The van der Waals surface area contributed by atoms with Crippen LogP contribution in [-0.4, -0.2) is 55.9 Å². The van der Waals surface area contributed by atoms with Gasteiger partial charge in [-0.1, -0.05) is 13.8 Å². The highest BCUT2D eigenvalue weighted by molar-refractivity contribution is 5.47. The van der Waals surface area contributed by atoms with E-state index in [2.05, 4.69) is 51.0 Å². The molecule has 8 nitrogen and oxygen atoms in total. The molecule has 0 bridgehead atoms. The van der Waals surface area contributed by atoms with Crippen molar-refractivity contribution in [2.24, 2.45) is 0 Å². The van der Waals surface area contributed by atoms with E-state index in [0.29, 0.717) is 12.0 Å². The zero-order chi connectivity index (χ0) is 16.7. The molecule has 0 amide bonds. The Kier molecular flexibility index (Phi) is 3.68. The van der Waals surface area contributed by atoms with Crippen molar-refractivity contribution >= 4 is 11.5 Å². The van der Waals surface area contributed by atoms with Crippen molar-refractivity contribution in [1.29, 1.82) is 0 Å². The fourth-order valence-corrected chi connectivity index (χ4v) is 2.82. The lowest BCUT2D eigenvalue weighted by atomic mass is 10.1. The number of rotatable bonds is 5. The minimum absolute atomic E-state index is 0.370. The lowest BCUT2D eigenvalue weighted by molar-refractivity contribution is 0.179. The minimum atomic E-state index is 0.370. The molecule has 0 N–H and O–H groups in total. The van der Waals surface area contributed by atoms with E-state index in [1.54, 1.807) is 10.8 Å². The fourth-order valence-electron chi connectivity index (χ4n) is 2.82. The summed E-state index contributed by atoms with van der Waals surface area (Å²) in [5.74, 6) is 3.04. The zero-order valence-corrected chi connectivity index (χ0v) is 14.1. The second kappa shape index (κ2) is 5.86. The highest BCUT2D eigenvalue weighted by atomic mass is 16.4. The first kappa shape index (κ1) is 15.1. The van der Waals surface area contributed by atoms with Crippen molar-refractivity contribution in [2.75, 3.05) is 25.0 Å². The van der Waals surface area contributed by atoms with Gasteiger partial charge in [-0.15, -0.1) is 15.3 Å². The van der Waals surface area contributed by atoms with Crippen molar-refractivity contribution in [3.8, 4) is 0 Å². The monoisotopic (exact) mass is 327 g/mol. The van der Waals surface area contributed by atoms with Gasteiger partial charge in [0.2, 0.25) is 5.89 Å². The van der Waals surface area contributed by atoms with E-state index < -0.39 is 0 Å². The molecule has 3 aromatic heterocycles. The van der Waals surface area contributed by atoms with Crippen molar-refractivity contribution in [2.45, 2.75) is 32.4 Å². The molecule has 8 heteroatoms. The van der Waals surface area contributed by atoms with E-state index in [1.165, 1.54) is 0 Å². The van der Waals surface area contributed by atoms with Crippen LogP contribution in [0.4, 0.5) is 5.82 Å². The molecule has 0 saturated carbocycles. The molecule has 0 aliphatic carbocycles. The second-order valence-electron chi connectivity index (χ2n) is 6.61. The quantitative estimate of drug-likeness (QED) is 0.704. The number of hydrogen-bond acceptors (Lipinski definition) is 7. The maximum atomic E-state index is 5.79.